The fraction of sp³-hybridized carbons (Fsp3) is 0.308. The van der Waals surface area contributed by atoms with Gasteiger partial charge in [0, 0.05) is 34.8 Å². The molecular formula is C26H27ClF2N6O2. The van der Waals surface area contributed by atoms with Crippen molar-refractivity contribution in [2.45, 2.75) is 44.3 Å². The van der Waals surface area contributed by atoms with Crippen LogP contribution in [0.25, 0.3) is 10.9 Å². The number of pyridine rings is 1. The molecule has 1 aromatic carbocycles. The first kappa shape index (κ1) is 26.3. The highest BCUT2D eigenvalue weighted by atomic mass is 35.5. The minimum absolute atomic E-state index is 0.00990. The standard InChI is InChI=1S/C26H27ClF2N6O2/c1-30-14-21(29)25(32-13-15-12-31-24-19(15)9-16(27)10-20(24)28)33-17-5-3-6-18(11-17)34-26(36)22-7-4-8-23(35-22)37-2/h4,7-10,12,14,17-18,31H,1,3,5-6,11,13H2,2H3,(H,32,33)(H,34,36)/b21-14+/t17-,18+/m0/s1. The lowest BCUT2D eigenvalue weighted by atomic mass is 9.90. The van der Waals surface area contributed by atoms with Crippen LogP contribution in [0.5, 0.6) is 5.88 Å². The molecule has 1 amide bonds. The van der Waals surface area contributed by atoms with Crippen molar-refractivity contribution in [2.24, 2.45) is 9.98 Å². The number of nitrogens with zero attached hydrogens (tertiary/aromatic N) is 3. The van der Waals surface area contributed by atoms with Crippen molar-refractivity contribution in [1.29, 1.82) is 0 Å². The quantitative estimate of drug-likeness (QED) is 0.279. The van der Waals surface area contributed by atoms with E-state index in [-0.39, 0.29) is 41.1 Å². The first-order chi connectivity index (χ1) is 17.9. The van der Waals surface area contributed by atoms with Crippen LogP contribution in [0.3, 0.4) is 0 Å². The number of carbonyl (C=O) groups is 1. The maximum absolute atomic E-state index is 14.8. The zero-order valence-electron chi connectivity index (χ0n) is 20.2. The van der Waals surface area contributed by atoms with Crippen LogP contribution in [0.4, 0.5) is 8.78 Å². The van der Waals surface area contributed by atoms with Crippen molar-refractivity contribution in [1.82, 2.24) is 20.6 Å². The zero-order chi connectivity index (χ0) is 26.4. The summed E-state index contributed by atoms with van der Waals surface area (Å²) in [4.78, 5) is 27.7. The van der Waals surface area contributed by atoms with Crippen LogP contribution in [-0.2, 0) is 6.54 Å². The average Bonchev–Trinajstić information content (AvgIpc) is 3.30. The van der Waals surface area contributed by atoms with Gasteiger partial charge in [-0.1, -0.05) is 17.7 Å². The molecule has 2 atom stereocenters. The van der Waals surface area contributed by atoms with E-state index in [0.717, 1.165) is 25.5 Å². The van der Waals surface area contributed by atoms with E-state index in [1.165, 1.54) is 13.2 Å². The Hall–Kier alpha value is -3.79. The SMILES string of the molecule is C=N/C=C(/F)C(=NCc1c[nH]c2c(F)cc(Cl)cc12)N[C@H]1CCC[C@@H](NC(=O)c2cccc(OC)n2)C1. The van der Waals surface area contributed by atoms with Gasteiger partial charge in [0.05, 0.1) is 25.4 Å². The summed E-state index contributed by atoms with van der Waals surface area (Å²) in [5, 5.41) is 6.99. The van der Waals surface area contributed by atoms with Gasteiger partial charge in [0.15, 0.2) is 11.7 Å². The Labute approximate surface area is 217 Å². The van der Waals surface area contributed by atoms with Crippen LogP contribution >= 0.6 is 11.6 Å². The Morgan fingerprint density at radius 1 is 1.32 bits per heavy atom. The lowest BCUT2D eigenvalue weighted by molar-refractivity contribution is 0.0918. The zero-order valence-corrected chi connectivity index (χ0v) is 21.0. The fourth-order valence-electron chi connectivity index (χ4n) is 4.40. The van der Waals surface area contributed by atoms with Crippen LogP contribution in [0, 0.1) is 5.82 Å². The number of aliphatic imine (C=N–C) groups is 2. The van der Waals surface area contributed by atoms with E-state index >= 15 is 0 Å². The van der Waals surface area contributed by atoms with E-state index in [0.29, 0.717) is 28.8 Å². The van der Waals surface area contributed by atoms with Crippen molar-refractivity contribution >= 4 is 41.0 Å². The minimum Gasteiger partial charge on any atom is -0.481 e. The Morgan fingerprint density at radius 2 is 2.11 bits per heavy atom. The van der Waals surface area contributed by atoms with Crippen LogP contribution in [-0.4, -0.2) is 47.6 Å². The van der Waals surface area contributed by atoms with E-state index in [4.69, 9.17) is 16.3 Å². The van der Waals surface area contributed by atoms with Crippen LogP contribution in [0.2, 0.25) is 5.02 Å². The molecule has 3 aromatic rings. The molecule has 1 saturated carbocycles. The topological polar surface area (TPSA) is 104 Å². The summed E-state index contributed by atoms with van der Waals surface area (Å²) < 4.78 is 34.1. The summed E-state index contributed by atoms with van der Waals surface area (Å²) in [5.74, 6) is -1.08. The number of carbonyl (C=O) groups excluding carboxylic acids is 1. The number of amidine groups is 1. The smallest absolute Gasteiger partial charge is 0.270 e. The first-order valence-electron chi connectivity index (χ1n) is 11.8. The maximum Gasteiger partial charge on any atom is 0.270 e. The van der Waals surface area contributed by atoms with Crippen molar-refractivity contribution < 1.29 is 18.3 Å². The number of rotatable bonds is 8. The van der Waals surface area contributed by atoms with E-state index in [2.05, 4.69) is 37.3 Å². The molecule has 0 bridgehead atoms. The monoisotopic (exact) mass is 528 g/mol. The first-order valence-corrected chi connectivity index (χ1v) is 12.2. The van der Waals surface area contributed by atoms with Gasteiger partial charge in [-0.15, -0.1) is 0 Å². The molecule has 1 aliphatic rings. The second kappa shape index (κ2) is 12.0. The highest BCUT2D eigenvalue weighted by molar-refractivity contribution is 6.31. The molecule has 37 heavy (non-hydrogen) atoms. The number of aromatic nitrogens is 2. The molecule has 4 rings (SSSR count). The fourth-order valence-corrected chi connectivity index (χ4v) is 4.60. The van der Waals surface area contributed by atoms with E-state index < -0.39 is 11.6 Å². The van der Waals surface area contributed by atoms with E-state index in [9.17, 15) is 13.6 Å². The molecule has 3 N–H and O–H groups in total. The third-order valence-corrected chi connectivity index (χ3v) is 6.36. The number of aromatic amines is 1. The van der Waals surface area contributed by atoms with Gasteiger partial charge in [-0.3, -0.25) is 14.8 Å². The molecule has 2 heterocycles. The molecule has 194 valence electrons. The molecule has 2 aromatic heterocycles. The summed E-state index contributed by atoms with van der Waals surface area (Å²) in [6.07, 6.45) is 5.55. The van der Waals surface area contributed by atoms with E-state index in [1.54, 1.807) is 30.5 Å². The molecule has 1 fully saturated rings. The molecular weight excluding hydrogens is 502 g/mol. The van der Waals surface area contributed by atoms with Crippen LogP contribution < -0.4 is 15.4 Å². The molecule has 0 radical (unpaired) electrons. The lowest BCUT2D eigenvalue weighted by Gasteiger charge is -2.31. The summed E-state index contributed by atoms with van der Waals surface area (Å²) in [6, 6.07) is 7.57. The minimum atomic E-state index is -0.675. The summed E-state index contributed by atoms with van der Waals surface area (Å²) in [7, 11) is 1.49. The number of methoxy groups -OCH3 is 1. The number of hydrogen-bond donors (Lipinski definition) is 3. The lowest BCUT2D eigenvalue weighted by Crippen LogP contribution is -2.46. The molecule has 0 spiro atoms. The number of fused-ring (bicyclic) bond motifs is 1. The van der Waals surface area contributed by atoms with Crippen molar-refractivity contribution in [3.05, 3.63) is 70.7 Å². The Bertz CT molecular complexity index is 1360. The highest BCUT2D eigenvalue weighted by Gasteiger charge is 2.26. The largest absolute Gasteiger partial charge is 0.481 e. The second-order valence-electron chi connectivity index (χ2n) is 8.69. The predicted molar refractivity (Wildman–Crippen MR) is 141 cm³/mol. The third-order valence-electron chi connectivity index (χ3n) is 6.15. The Balaban J connectivity index is 1.46. The van der Waals surface area contributed by atoms with Gasteiger partial charge >= 0.3 is 0 Å². The molecule has 0 saturated heterocycles. The Kier molecular flexibility index (Phi) is 8.50. The van der Waals surface area contributed by atoms with Gasteiger partial charge in [-0.25, -0.2) is 13.8 Å². The summed E-state index contributed by atoms with van der Waals surface area (Å²) in [6.45, 7) is 3.39. The molecule has 11 heteroatoms. The van der Waals surface area contributed by atoms with Crippen LogP contribution in [0.1, 0.15) is 41.7 Å². The Morgan fingerprint density at radius 3 is 2.86 bits per heavy atom. The number of hydrogen-bond acceptors (Lipinski definition) is 5. The van der Waals surface area contributed by atoms with Gasteiger partial charge < -0.3 is 20.4 Å². The summed E-state index contributed by atoms with van der Waals surface area (Å²) >= 11 is 6.01. The number of halogens is 3. The van der Waals surface area contributed by atoms with Gasteiger partial charge in [-0.2, -0.15) is 0 Å². The van der Waals surface area contributed by atoms with Gasteiger partial charge in [-0.05, 0) is 56.2 Å². The average molecular weight is 529 g/mol. The maximum atomic E-state index is 14.8. The summed E-state index contributed by atoms with van der Waals surface area (Å²) in [5.41, 5.74) is 1.23. The van der Waals surface area contributed by atoms with Gasteiger partial charge in [0.2, 0.25) is 5.88 Å². The van der Waals surface area contributed by atoms with Gasteiger partial charge in [0.25, 0.3) is 5.91 Å². The number of amides is 1. The molecule has 0 unspecified atom stereocenters. The van der Waals surface area contributed by atoms with Gasteiger partial charge in [0.1, 0.15) is 11.5 Å². The highest BCUT2D eigenvalue weighted by Crippen LogP contribution is 2.26. The number of H-pyrrole nitrogens is 1. The third kappa shape index (κ3) is 6.51. The van der Waals surface area contributed by atoms with Crippen LogP contribution in [0.15, 0.2) is 58.5 Å². The second-order valence-corrected chi connectivity index (χ2v) is 9.13. The number of ether oxygens (including phenoxy) is 1. The number of nitrogens with one attached hydrogen (secondary N) is 3. The molecule has 8 nitrogen and oxygen atoms in total. The van der Waals surface area contributed by atoms with Crippen molar-refractivity contribution in [2.75, 3.05) is 7.11 Å². The van der Waals surface area contributed by atoms with E-state index in [1.807, 2.05) is 0 Å². The normalized spacial score (nSPS) is 18.5. The molecule has 0 aliphatic heterocycles. The molecule has 1 aliphatic carbocycles. The van der Waals surface area contributed by atoms with Crippen molar-refractivity contribution in [3.8, 4) is 5.88 Å². The number of benzene rings is 1. The van der Waals surface area contributed by atoms with Crippen molar-refractivity contribution in [3.63, 3.8) is 0 Å². The predicted octanol–water partition coefficient (Wildman–Crippen LogP) is 5.10.